The third-order valence-electron chi connectivity index (χ3n) is 4.11. The number of halogens is 1. The second-order valence-corrected chi connectivity index (χ2v) is 6.55. The number of carbonyl (C=O) groups is 2. The highest BCUT2D eigenvalue weighted by molar-refractivity contribution is 9.10. The van der Waals surface area contributed by atoms with Gasteiger partial charge in [0, 0.05) is 23.1 Å². The van der Waals surface area contributed by atoms with Crippen LogP contribution in [0, 0.1) is 0 Å². The zero-order valence-electron chi connectivity index (χ0n) is 13.1. The van der Waals surface area contributed by atoms with Gasteiger partial charge < -0.3 is 15.7 Å². The number of carboxylic acid groups (broad SMARTS) is 1. The molecule has 1 aliphatic carbocycles. The van der Waals surface area contributed by atoms with Crippen LogP contribution in [0.1, 0.15) is 25.3 Å². The molecule has 0 heterocycles. The quantitative estimate of drug-likeness (QED) is 0.673. The van der Waals surface area contributed by atoms with Crippen molar-refractivity contribution in [2.45, 2.75) is 38.4 Å². The summed E-state index contributed by atoms with van der Waals surface area (Å²) in [6, 6.07) is 7.91. The molecule has 0 radical (unpaired) electrons. The van der Waals surface area contributed by atoms with E-state index in [9.17, 15) is 9.59 Å². The number of carboxylic acids is 1. The van der Waals surface area contributed by atoms with Gasteiger partial charge in [-0.2, -0.15) is 0 Å². The first kappa shape index (κ1) is 17.7. The van der Waals surface area contributed by atoms with Gasteiger partial charge in [-0.1, -0.05) is 41.1 Å². The molecule has 23 heavy (non-hydrogen) atoms. The summed E-state index contributed by atoms with van der Waals surface area (Å²) in [5.41, 5.74) is 1.02. The second kappa shape index (κ2) is 8.31. The molecule has 0 aromatic heterocycles. The van der Waals surface area contributed by atoms with Gasteiger partial charge in [0.25, 0.3) is 0 Å². The van der Waals surface area contributed by atoms with Gasteiger partial charge in [-0.15, -0.1) is 0 Å². The van der Waals surface area contributed by atoms with Crippen LogP contribution in [0.2, 0.25) is 0 Å². The average molecular weight is 384 g/mol. The van der Waals surface area contributed by atoms with E-state index in [0.29, 0.717) is 13.1 Å². The Morgan fingerprint density at radius 3 is 2.65 bits per heavy atom. The summed E-state index contributed by atoms with van der Waals surface area (Å²) in [7, 11) is 0. The first-order valence-corrected chi connectivity index (χ1v) is 8.52. The van der Waals surface area contributed by atoms with Crippen molar-refractivity contribution in [1.82, 2.24) is 15.5 Å². The zero-order chi connectivity index (χ0) is 16.8. The minimum atomic E-state index is -0.811. The van der Waals surface area contributed by atoms with Crippen molar-refractivity contribution in [3.05, 3.63) is 34.3 Å². The van der Waals surface area contributed by atoms with Crippen LogP contribution in [-0.4, -0.2) is 47.2 Å². The highest BCUT2D eigenvalue weighted by Crippen LogP contribution is 2.25. The van der Waals surface area contributed by atoms with Crippen molar-refractivity contribution in [1.29, 1.82) is 0 Å². The Bertz CT molecular complexity index is 561. The number of benzene rings is 1. The molecule has 0 bridgehead atoms. The van der Waals surface area contributed by atoms with Crippen LogP contribution >= 0.6 is 15.9 Å². The zero-order valence-corrected chi connectivity index (χ0v) is 14.7. The molecule has 1 saturated carbocycles. The van der Waals surface area contributed by atoms with Gasteiger partial charge in [0.2, 0.25) is 0 Å². The lowest BCUT2D eigenvalue weighted by molar-refractivity contribution is -0.139. The summed E-state index contributed by atoms with van der Waals surface area (Å²) in [5.74, 6) is -0.811. The molecule has 0 unspecified atom stereocenters. The predicted octanol–water partition coefficient (Wildman–Crippen LogP) is 2.19. The Balaban J connectivity index is 1.70. The normalized spacial score (nSPS) is 20.0. The van der Waals surface area contributed by atoms with Crippen LogP contribution in [0.4, 0.5) is 4.79 Å². The lowest BCUT2D eigenvalue weighted by atomic mass is 9.85. The fourth-order valence-electron chi connectivity index (χ4n) is 2.73. The SMILES string of the molecule is CCN(CC(=O)O)C1CC(NC(=O)NCc2ccccc2Br)C1. The molecule has 2 amide bonds. The number of aliphatic carboxylic acids is 1. The summed E-state index contributed by atoms with van der Waals surface area (Å²) in [6.45, 7) is 3.18. The molecule has 1 fully saturated rings. The predicted molar refractivity (Wildman–Crippen MR) is 91.2 cm³/mol. The molecule has 6 nitrogen and oxygen atoms in total. The van der Waals surface area contributed by atoms with E-state index in [2.05, 4.69) is 26.6 Å². The lowest BCUT2D eigenvalue weighted by Crippen LogP contribution is -2.56. The summed E-state index contributed by atoms with van der Waals surface area (Å²) in [5, 5.41) is 14.6. The van der Waals surface area contributed by atoms with Crippen LogP contribution < -0.4 is 10.6 Å². The maximum absolute atomic E-state index is 11.9. The number of rotatable bonds is 7. The minimum Gasteiger partial charge on any atom is -0.480 e. The summed E-state index contributed by atoms with van der Waals surface area (Å²) >= 11 is 3.45. The number of carbonyl (C=O) groups excluding carboxylic acids is 1. The van der Waals surface area contributed by atoms with Gasteiger partial charge in [-0.3, -0.25) is 9.69 Å². The van der Waals surface area contributed by atoms with E-state index >= 15 is 0 Å². The van der Waals surface area contributed by atoms with E-state index in [0.717, 1.165) is 22.9 Å². The molecule has 0 spiro atoms. The summed E-state index contributed by atoms with van der Waals surface area (Å²) in [4.78, 5) is 24.6. The molecular formula is C16H22BrN3O3. The molecular weight excluding hydrogens is 362 g/mol. The van der Waals surface area contributed by atoms with Crippen LogP contribution in [0.15, 0.2) is 28.7 Å². The van der Waals surface area contributed by atoms with Crippen molar-refractivity contribution >= 4 is 27.9 Å². The number of hydrogen-bond acceptors (Lipinski definition) is 3. The second-order valence-electron chi connectivity index (χ2n) is 5.70. The van der Waals surface area contributed by atoms with E-state index in [1.807, 2.05) is 36.1 Å². The Labute approximate surface area is 144 Å². The molecule has 126 valence electrons. The van der Waals surface area contributed by atoms with Crippen molar-refractivity contribution in [2.75, 3.05) is 13.1 Å². The maximum Gasteiger partial charge on any atom is 0.317 e. The highest BCUT2D eigenvalue weighted by atomic mass is 79.9. The van der Waals surface area contributed by atoms with Gasteiger partial charge in [0.1, 0.15) is 0 Å². The van der Waals surface area contributed by atoms with E-state index < -0.39 is 5.97 Å². The van der Waals surface area contributed by atoms with E-state index in [-0.39, 0.29) is 24.7 Å². The van der Waals surface area contributed by atoms with Crippen molar-refractivity contribution in [2.24, 2.45) is 0 Å². The number of amides is 2. The van der Waals surface area contributed by atoms with Gasteiger partial charge in [0.15, 0.2) is 0 Å². The minimum absolute atomic E-state index is 0.0577. The molecule has 1 aliphatic rings. The third-order valence-corrected chi connectivity index (χ3v) is 4.88. The number of hydrogen-bond donors (Lipinski definition) is 3. The monoisotopic (exact) mass is 383 g/mol. The number of likely N-dealkylation sites (N-methyl/N-ethyl adjacent to an activating group) is 1. The van der Waals surface area contributed by atoms with E-state index in [1.165, 1.54) is 0 Å². The van der Waals surface area contributed by atoms with Gasteiger partial charge in [0.05, 0.1) is 6.54 Å². The van der Waals surface area contributed by atoms with Crippen LogP contribution in [0.5, 0.6) is 0 Å². The lowest BCUT2D eigenvalue weighted by Gasteiger charge is -2.42. The fraction of sp³-hybridized carbons (Fsp3) is 0.500. The molecule has 2 rings (SSSR count). The first-order chi connectivity index (χ1) is 11.0. The van der Waals surface area contributed by atoms with Gasteiger partial charge >= 0.3 is 12.0 Å². The third kappa shape index (κ3) is 5.21. The fourth-order valence-corrected chi connectivity index (χ4v) is 3.16. The van der Waals surface area contributed by atoms with Crippen LogP contribution in [0.25, 0.3) is 0 Å². The summed E-state index contributed by atoms with van der Waals surface area (Å²) in [6.07, 6.45) is 1.59. The van der Waals surface area contributed by atoms with Crippen molar-refractivity contribution in [3.8, 4) is 0 Å². The maximum atomic E-state index is 11.9. The van der Waals surface area contributed by atoms with E-state index in [1.54, 1.807) is 0 Å². The molecule has 7 heteroatoms. The molecule has 1 aromatic carbocycles. The Morgan fingerprint density at radius 1 is 1.35 bits per heavy atom. The topological polar surface area (TPSA) is 81.7 Å². The number of nitrogens with zero attached hydrogens (tertiary/aromatic N) is 1. The van der Waals surface area contributed by atoms with E-state index in [4.69, 9.17) is 5.11 Å². The smallest absolute Gasteiger partial charge is 0.317 e. The molecule has 1 aromatic rings. The molecule has 0 saturated heterocycles. The standard InChI is InChI=1S/C16H22BrN3O3/c1-2-20(10-15(21)22)13-7-12(8-13)19-16(23)18-9-11-5-3-4-6-14(11)17/h3-6,12-13H,2,7-10H2,1H3,(H,21,22)(H2,18,19,23). The number of urea groups is 1. The Morgan fingerprint density at radius 2 is 2.04 bits per heavy atom. The summed E-state index contributed by atoms with van der Waals surface area (Å²) < 4.78 is 0.969. The average Bonchev–Trinajstić information content (AvgIpc) is 2.47. The molecule has 0 aliphatic heterocycles. The Hall–Kier alpha value is -1.60. The van der Waals surface area contributed by atoms with Crippen LogP contribution in [0.3, 0.4) is 0 Å². The molecule has 3 N–H and O–H groups in total. The van der Waals surface area contributed by atoms with Gasteiger partial charge in [-0.25, -0.2) is 4.79 Å². The Kier molecular flexibility index (Phi) is 6.41. The first-order valence-electron chi connectivity index (χ1n) is 7.73. The largest absolute Gasteiger partial charge is 0.480 e. The highest BCUT2D eigenvalue weighted by Gasteiger charge is 2.34. The van der Waals surface area contributed by atoms with Gasteiger partial charge in [-0.05, 0) is 31.0 Å². The van der Waals surface area contributed by atoms with Crippen LogP contribution in [-0.2, 0) is 11.3 Å². The van der Waals surface area contributed by atoms with Crippen molar-refractivity contribution in [3.63, 3.8) is 0 Å². The van der Waals surface area contributed by atoms with Crippen molar-refractivity contribution < 1.29 is 14.7 Å². The molecule has 0 atom stereocenters. The number of nitrogens with one attached hydrogen (secondary N) is 2.